The highest BCUT2D eigenvalue weighted by molar-refractivity contribution is 5.92. The van der Waals surface area contributed by atoms with E-state index in [1.165, 1.54) is 4.90 Å². The van der Waals surface area contributed by atoms with E-state index in [1.54, 1.807) is 0 Å². The molecule has 104 valence electrons. The molecule has 1 aromatic rings. The summed E-state index contributed by atoms with van der Waals surface area (Å²) in [4.78, 5) is 23.8. The maximum absolute atomic E-state index is 11.9. The number of hydrogen-bond acceptors (Lipinski definition) is 3. The van der Waals surface area contributed by atoms with E-state index in [1.807, 2.05) is 38.1 Å². The van der Waals surface area contributed by atoms with Crippen LogP contribution in [-0.4, -0.2) is 41.4 Å². The normalized spacial score (nSPS) is 11.7. The molecule has 0 bridgehead atoms. The lowest BCUT2D eigenvalue weighted by atomic mass is 10.2. The Kier molecular flexibility index (Phi) is 5.32. The Balaban J connectivity index is 2.67. The average Bonchev–Trinajstić information content (AvgIpc) is 2.38. The summed E-state index contributed by atoms with van der Waals surface area (Å²) >= 11 is 0. The Morgan fingerprint density at radius 2 is 1.89 bits per heavy atom. The number of hydrogen-bond donors (Lipinski definition) is 3. The second kappa shape index (κ2) is 6.75. The van der Waals surface area contributed by atoms with Crippen LogP contribution in [0.5, 0.6) is 0 Å². The minimum atomic E-state index is -1.60. The van der Waals surface area contributed by atoms with E-state index in [-0.39, 0.29) is 6.54 Å². The van der Waals surface area contributed by atoms with Gasteiger partial charge in [0.25, 0.3) is 0 Å². The predicted molar refractivity (Wildman–Crippen MR) is 71.2 cm³/mol. The third-order valence-electron chi connectivity index (χ3n) is 2.64. The van der Waals surface area contributed by atoms with E-state index >= 15 is 0 Å². The molecule has 2 amide bonds. The fraction of sp³-hybridized carbons (Fsp3) is 0.385. The number of rotatable bonds is 5. The molecule has 0 aliphatic heterocycles. The number of nitrogens with zero attached hydrogens (tertiary/aromatic N) is 1. The third kappa shape index (κ3) is 4.26. The molecule has 0 saturated carbocycles. The van der Waals surface area contributed by atoms with Crippen molar-refractivity contribution in [2.75, 3.05) is 18.0 Å². The minimum absolute atomic E-state index is 0.323. The van der Waals surface area contributed by atoms with Crippen LogP contribution in [0.25, 0.3) is 0 Å². The highest BCUT2D eigenvalue weighted by Gasteiger charge is 2.17. The van der Waals surface area contributed by atoms with Gasteiger partial charge >= 0.3 is 12.0 Å². The van der Waals surface area contributed by atoms with Crippen molar-refractivity contribution in [2.24, 2.45) is 0 Å². The molecule has 0 aliphatic carbocycles. The SMILES string of the molecule is CCN(C(=O)NCC(O)C(=O)O)c1ccc(C)cc1. The van der Waals surface area contributed by atoms with Crippen LogP contribution in [0.15, 0.2) is 24.3 Å². The van der Waals surface area contributed by atoms with E-state index in [2.05, 4.69) is 5.32 Å². The molecule has 6 nitrogen and oxygen atoms in total. The number of urea groups is 1. The summed E-state index contributed by atoms with van der Waals surface area (Å²) < 4.78 is 0. The van der Waals surface area contributed by atoms with Crippen LogP contribution in [0, 0.1) is 6.92 Å². The van der Waals surface area contributed by atoms with Crippen molar-refractivity contribution in [3.8, 4) is 0 Å². The Labute approximate surface area is 111 Å². The predicted octanol–water partition coefficient (Wildman–Crippen LogP) is 0.976. The number of aliphatic hydroxyl groups is 1. The number of carboxylic acid groups (broad SMARTS) is 1. The number of amides is 2. The second-order valence-electron chi connectivity index (χ2n) is 4.12. The number of benzene rings is 1. The van der Waals surface area contributed by atoms with Crippen molar-refractivity contribution >= 4 is 17.7 Å². The molecule has 0 radical (unpaired) electrons. The molecule has 0 spiro atoms. The Morgan fingerprint density at radius 1 is 1.32 bits per heavy atom. The van der Waals surface area contributed by atoms with E-state index in [4.69, 9.17) is 10.2 Å². The number of carboxylic acids is 1. The van der Waals surface area contributed by atoms with Gasteiger partial charge < -0.3 is 15.5 Å². The van der Waals surface area contributed by atoms with E-state index in [0.717, 1.165) is 11.3 Å². The van der Waals surface area contributed by atoms with Crippen LogP contribution in [0.3, 0.4) is 0 Å². The van der Waals surface area contributed by atoms with Crippen LogP contribution < -0.4 is 10.2 Å². The van der Waals surface area contributed by atoms with Gasteiger partial charge in [0, 0.05) is 12.2 Å². The fourth-order valence-corrected chi connectivity index (χ4v) is 1.53. The van der Waals surface area contributed by atoms with Gasteiger partial charge in [-0.1, -0.05) is 17.7 Å². The first-order valence-corrected chi connectivity index (χ1v) is 5.98. The third-order valence-corrected chi connectivity index (χ3v) is 2.64. The second-order valence-corrected chi connectivity index (χ2v) is 4.12. The summed E-state index contributed by atoms with van der Waals surface area (Å²) in [5.41, 5.74) is 1.80. The van der Waals surface area contributed by atoms with Gasteiger partial charge in [-0.2, -0.15) is 0 Å². The number of anilines is 1. The maximum Gasteiger partial charge on any atom is 0.334 e. The molecule has 1 atom stereocenters. The minimum Gasteiger partial charge on any atom is -0.479 e. The number of carbonyl (C=O) groups excluding carboxylic acids is 1. The molecule has 0 heterocycles. The molecular formula is C13H18N2O4. The number of aliphatic carboxylic acids is 1. The summed E-state index contributed by atoms with van der Waals surface area (Å²) in [6.45, 7) is 3.88. The van der Waals surface area contributed by atoms with Crippen molar-refractivity contribution in [3.05, 3.63) is 29.8 Å². The van der Waals surface area contributed by atoms with Gasteiger partial charge in [0.1, 0.15) is 0 Å². The molecule has 1 unspecified atom stereocenters. The summed E-state index contributed by atoms with van der Waals surface area (Å²) in [5, 5.41) is 20.0. The summed E-state index contributed by atoms with van der Waals surface area (Å²) in [6, 6.07) is 6.96. The summed E-state index contributed by atoms with van der Waals surface area (Å²) in [7, 11) is 0. The zero-order chi connectivity index (χ0) is 14.4. The van der Waals surface area contributed by atoms with Crippen molar-refractivity contribution in [2.45, 2.75) is 20.0 Å². The van der Waals surface area contributed by atoms with Crippen LogP contribution in [0.2, 0.25) is 0 Å². The zero-order valence-electron chi connectivity index (χ0n) is 11.0. The smallest absolute Gasteiger partial charge is 0.334 e. The molecule has 0 aliphatic rings. The van der Waals surface area contributed by atoms with Gasteiger partial charge in [0.05, 0.1) is 6.54 Å². The van der Waals surface area contributed by atoms with Crippen LogP contribution in [0.4, 0.5) is 10.5 Å². The van der Waals surface area contributed by atoms with Gasteiger partial charge in [-0.05, 0) is 26.0 Å². The molecule has 19 heavy (non-hydrogen) atoms. The van der Waals surface area contributed by atoms with Gasteiger partial charge in [-0.15, -0.1) is 0 Å². The van der Waals surface area contributed by atoms with Gasteiger partial charge in [-0.25, -0.2) is 9.59 Å². The monoisotopic (exact) mass is 266 g/mol. The molecular weight excluding hydrogens is 248 g/mol. The lowest BCUT2D eigenvalue weighted by Gasteiger charge is -2.22. The molecule has 1 rings (SSSR count). The Hall–Kier alpha value is -2.08. The van der Waals surface area contributed by atoms with Gasteiger partial charge in [0.15, 0.2) is 6.10 Å². The van der Waals surface area contributed by atoms with Crippen molar-refractivity contribution < 1.29 is 19.8 Å². The van der Waals surface area contributed by atoms with E-state index in [0.29, 0.717) is 6.54 Å². The summed E-state index contributed by atoms with van der Waals surface area (Å²) in [5.74, 6) is -1.36. The highest BCUT2D eigenvalue weighted by atomic mass is 16.4. The first-order valence-electron chi connectivity index (χ1n) is 5.98. The fourth-order valence-electron chi connectivity index (χ4n) is 1.53. The number of aliphatic hydroxyl groups excluding tert-OH is 1. The summed E-state index contributed by atoms with van der Waals surface area (Å²) in [6.07, 6.45) is -1.60. The van der Waals surface area contributed by atoms with E-state index in [9.17, 15) is 9.59 Å². The first-order chi connectivity index (χ1) is 8.95. The number of nitrogens with one attached hydrogen (secondary N) is 1. The molecule has 6 heteroatoms. The first kappa shape index (κ1) is 15.0. The van der Waals surface area contributed by atoms with Crippen molar-refractivity contribution in [1.29, 1.82) is 0 Å². The Morgan fingerprint density at radius 3 is 2.37 bits per heavy atom. The molecule has 0 saturated heterocycles. The van der Waals surface area contributed by atoms with E-state index < -0.39 is 18.1 Å². The Bertz CT molecular complexity index is 444. The largest absolute Gasteiger partial charge is 0.479 e. The lowest BCUT2D eigenvalue weighted by molar-refractivity contribution is -0.146. The standard InChI is InChI=1S/C13H18N2O4/c1-3-15(10-6-4-9(2)5-7-10)13(19)14-8-11(16)12(17)18/h4-7,11,16H,3,8H2,1-2H3,(H,14,19)(H,17,18). The van der Waals surface area contributed by atoms with Crippen molar-refractivity contribution in [3.63, 3.8) is 0 Å². The van der Waals surface area contributed by atoms with Crippen molar-refractivity contribution in [1.82, 2.24) is 5.32 Å². The zero-order valence-corrected chi connectivity index (χ0v) is 11.0. The topological polar surface area (TPSA) is 89.9 Å². The van der Waals surface area contributed by atoms with Crippen LogP contribution in [-0.2, 0) is 4.79 Å². The average molecular weight is 266 g/mol. The van der Waals surface area contributed by atoms with Gasteiger partial charge in [0.2, 0.25) is 0 Å². The number of aryl methyl sites for hydroxylation is 1. The molecule has 0 fully saturated rings. The maximum atomic E-state index is 11.9. The number of carbonyl (C=O) groups is 2. The molecule has 1 aromatic carbocycles. The molecule has 0 aromatic heterocycles. The lowest BCUT2D eigenvalue weighted by Crippen LogP contribution is -2.44. The van der Waals surface area contributed by atoms with Crippen LogP contribution >= 0.6 is 0 Å². The molecule has 3 N–H and O–H groups in total. The van der Waals surface area contributed by atoms with Gasteiger partial charge in [-0.3, -0.25) is 4.90 Å². The quantitative estimate of drug-likeness (QED) is 0.741. The highest BCUT2D eigenvalue weighted by Crippen LogP contribution is 2.14. The van der Waals surface area contributed by atoms with Crippen LogP contribution in [0.1, 0.15) is 12.5 Å².